The zero-order valence-electron chi connectivity index (χ0n) is 19.1. The molecule has 0 bridgehead atoms. The predicted octanol–water partition coefficient (Wildman–Crippen LogP) is 1.89. The van der Waals surface area contributed by atoms with Crippen LogP contribution in [0.2, 0.25) is 0 Å². The highest BCUT2D eigenvalue weighted by molar-refractivity contribution is 5.94. The maximum Gasteiger partial charge on any atom is 0.255 e. The predicted molar refractivity (Wildman–Crippen MR) is 127 cm³/mol. The van der Waals surface area contributed by atoms with Crippen molar-refractivity contribution in [3.05, 3.63) is 76.3 Å². The Labute approximate surface area is 197 Å². The summed E-state index contributed by atoms with van der Waals surface area (Å²) in [5.74, 6) is 0.625. The molecule has 1 atom stereocenters. The number of hydrogen-bond acceptors (Lipinski definition) is 7. The molecule has 9 nitrogen and oxygen atoms in total. The van der Waals surface area contributed by atoms with Crippen molar-refractivity contribution in [2.24, 2.45) is 7.05 Å². The van der Waals surface area contributed by atoms with Gasteiger partial charge in [-0.25, -0.2) is 4.98 Å². The van der Waals surface area contributed by atoms with E-state index in [0.29, 0.717) is 63.2 Å². The van der Waals surface area contributed by atoms with Crippen molar-refractivity contribution >= 4 is 11.9 Å². The third kappa shape index (κ3) is 4.57. The number of aromatic nitrogens is 3. The van der Waals surface area contributed by atoms with Crippen molar-refractivity contribution < 1.29 is 14.3 Å². The molecule has 0 aliphatic carbocycles. The van der Waals surface area contributed by atoms with E-state index in [-0.39, 0.29) is 17.6 Å². The zero-order valence-corrected chi connectivity index (χ0v) is 19.1. The van der Waals surface area contributed by atoms with Crippen molar-refractivity contribution in [2.45, 2.75) is 6.10 Å². The van der Waals surface area contributed by atoms with Crippen LogP contribution in [0.5, 0.6) is 0 Å². The average Bonchev–Trinajstić information content (AvgIpc) is 2.91. The van der Waals surface area contributed by atoms with Crippen molar-refractivity contribution in [1.29, 1.82) is 0 Å². The van der Waals surface area contributed by atoms with Crippen LogP contribution in [0.15, 0.2) is 59.7 Å². The minimum absolute atomic E-state index is 0.0214. The second-order valence-electron chi connectivity index (χ2n) is 8.41. The molecule has 0 saturated carbocycles. The quantitative estimate of drug-likeness (QED) is 0.586. The van der Waals surface area contributed by atoms with Crippen molar-refractivity contribution in [2.75, 3.05) is 50.9 Å². The third-order valence-corrected chi connectivity index (χ3v) is 6.26. The molecule has 3 aromatic rings. The van der Waals surface area contributed by atoms with Gasteiger partial charge in [0.1, 0.15) is 6.10 Å². The van der Waals surface area contributed by atoms with E-state index in [1.807, 2.05) is 41.3 Å². The molecule has 176 valence electrons. The summed E-state index contributed by atoms with van der Waals surface area (Å²) in [6.07, 6.45) is 3.18. The normalized spacial score (nSPS) is 18.7. The number of hydrogen-bond donors (Lipinski definition) is 0. The van der Waals surface area contributed by atoms with Crippen molar-refractivity contribution in [3.8, 4) is 11.3 Å². The lowest BCUT2D eigenvalue weighted by molar-refractivity contribution is 0.0302. The van der Waals surface area contributed by atoms with Gasteiger partial charge in [-0.1, -0.05) is 12.1 Å². The Balaban J connectivity index is 1.35. The van der Waals surface area contributed by atoms with E-state index in [0.717, 1.165) is 11.1 Å². The minimum atomic E-state index is -0.192. The molecule has 5 rings (SSSR count). The van der Waals surface area contributed by atoms with E-state index < -0.39 is 0 Å². The summed E-state index contributed by atoms with van der Waals surface area (Å²) >= 11 is 0. The summed E-state index contributed by atoms with van der Waals surface area (Å²) in [7, 11) is 1.73. The number of pyridine rings is 1. The fourth-order valence-electron chi connectivity index (χ4n) is 4.30. The van der Waals surface area contributed by atoms with E-state index >= 15 is 0 Å². The first-order valence-corrected chi connectivity index (χ1v) is 11.4. The van der Waals surface area contributed by atoms with Gasteiger partial charge in [-0.05, 0) is 29.8 Å². The van der Waals surface area contributed by atoms with Crippen LogP contribution in [0.3, 0.4) is 0 Å². The van der Waals surface area contributed by atoms with Crippen LogP contribution < -0.4 is 10.5 Å². The lowest BCUT2D eigenvalue weighted by Gasteiger charge is -2.34. The third-order valence-electron chi connectivity index (χ3n) is 6.26. The van der Waals surface area contributed by atoms with Crippen LogP contribution in [-0.2, 0) is 16.5 Å². The topological polar surface area (TPSA) is 89.8 Å². The Morgan fingerprint density at radius 1 is 1.00 bits per heavy atom. The fourth-order valence-corrected chi connectivity index (χ4v) is 4.30. The molecule has 1 amide bonds. The van der Waals surface area contributed by atoms with Crippen LogP contribution in [0, 0.1) is 0 Å². The highest BCUT2D eigenvalue weighted by Gasteiger charge is 2.26. The molecule has 0 unspecified atom stereocenters. The molecular weight excluding hydrogens is 434 g/mol. The molecule has 2 saturated heterocycles. The molecule has 2 fully saturated rings. The summed E-state index contributed by atoms with van der Waals surface area (Å²) in [6.45, 7) is 4.08. The van der Waals surface area contributed by atoms with Gasteiger partial charge in [0, 0.05) is 56.3 Å². The summed E-state index contributed by atoms with van der Waals surface area (Å²) in [6, 6.07) is 12.8. The van der Waals surface area contributed by atoms with E-state index in [9.17, 15) is 9.59 Å². The fraction of sp³-hybridized carbons (Fsp3) is 0.360. The molecular formula is C25H27N5O4. The number of amides is 1. The van der Waals surface area contributed by atoms with Crippen molar-refractivity contribution in [3.63, 3.8) is 0 Å². The molecule has 0 radical (unpaired) electrons. The minimum Gasteiger partial charge on any atom is -0.378 e. The molecule has 1 aromatic carbocycles. The van der Waals surface area contributed by atoms with Gasteiger partial charge in [-0.2, -0.15) is 0 Å². The maximum absolute atomic E-state index is 12.7. The molecule has 34 heavy (non-hydrogen) atoms. The lowest BCUT2D eigenvalue weighted by Crippen LogP contribution is -2.42. The monoisotopic (exact) mass is 461 g/mol. The Morgan fingerprint density at radius 2 is 1.74 bits per heavy atom. The van der Waals surface area contributed by atoms with Gasteiger partial charge in [-0.3, -0.25) is 19.1 Å². The first-order chi connectivity index (χ1) is 16.6. The number of rotatable bonds is 4. The van der Waals surface area contributed by atoms with E-state index in [2.05, 4.69) is 9.88 Å². The molecule has 2 aromatic heterocycles. The number of carbonyl (C=O) groups excluding carboxylic acids is 1. The molecule has 0 spiro atoms. The number of anilines is 1. The number of ether oxygens (including phenoxy) is 2. The smallest absolute Gasteiger partial charge is 0.255 e. The van der Waals surface area contributed by atoms with Gasteiger partial charge in [-0.15, -0.1) is 0 Å². The van der Waals surface area contributed by atoms with E-state index in [1.165, 1.54) is 0 Å². The highest BCUT2D eigenvalue weighted by atomic mass is 16.5. The summed E-state index contributed by atoms with van der Waals surface area (Å²) in [5.41, 5.74) is 2.99. The Bertz CT molecular complexity index is 1210. The van der Waals surface area contributed by atoms with E-state index in [4.69, 9.17) is 14.5 Å². The number of morpholine rings is 2. The van der Waals surface area contributed by atoms with E-state index in [1.54, 1.807) is 30.1 Å². The summed E-state index contributed by atoms with van der Waals surface area (Å²) in [4.78, 5) is 38.1. The zero-order chi connectivity index (χ0) is 23.5. The Morgan fingerprint density at radius 3 is 2.47 bits per heavy atom. The first kappa shape index (κ1) is 22.2. The Hall–Kier alpha value is -3.56. The number of carbonyl (C=O) groups is 1. The van der Waals surface area contributed by atoms with Crippen molar-refractivity contribution in [1.82, 2.24) is 19.4 Å². The standard InChI is InChI=1S/C25H27N5O4/c1-28-23(31)16-21(18-6-8-26-9-7-18)27-25(28)30-12-15-34-22(17-30)19-2-4-20(5-3-19)24(32)29-10-13-33-14-11-29/h2-9,16,22H,10-15,17H2,1H3/t22-/m1/s1. The lowest BCUT2D eigenvalue weighted by atomic mass is 10.0. The van der Waals surface area contributed by atoms with Crippen LogP contribution in [0.25, 0.3) is 11.3 Å². The second-order valence-corrected chi connectivity index (χ2v) is 8.41. The first-order valence-electron chi connectivity index (χ1n) is 11.4. The largest absolute Gasteiger partial charge is 0.378 e. The highest BCUT2D eigenvalue weighted by Crippen LogP contribution is 2.26. The van der Waals surface area contributed by atoms with Gasteiger partial charge in [0.2, 0.25) is 5.95 Å². The van der Waals surface area contributed by atoms with Crippen LogP contribution in [0.1, 0.15) is 22.0 Å². The Kier molecular flexibility index (Phi) is 6.37. The van der Waals surface area contributed by atoms with Crippen LogP contribution in [-0.4, -0.2) is 71.3 Å². The second kappa shape index (κ2) is 9.74. The molecule has 0 N–H and O–H groups in total. The SMILES string of the molecule is Cn1c(N2CCO[C@@H](c3ccc(C(=O)N4CCOCC4)cc3)C2)nc(-c2ccncc2)cc1=O. The summed E-state index contributed by atoms with van der Waals surface area (Å²) in [5, 5.41) is 0. The maximum atomic E-state index is 12.7. The molecule has 2 aliphatic heterocycles. The molecule has 4 heterocycles. The number of benzene rings is 1. The summed E-state index contributed by atoms with van der Waals surface area (Å²) < 4.78 is 12.9. The van der Waals surface area contributed by atoms with Crippen LogP contribution in [0.4, 0.5) is 5.95 Å². The van der Waals surface area contributed by atoms with Gasteiger partial charge < -0.3 is 19.3 Å². The van der Waals surface area contributed by atoms with Gasteiger partial charge in [0.15, 0.2) is 0 Å². The van der Waals surface area contributed by atoms with Gasteiger partial charge >= 0.3 is 0 Å². The van der Waals surface area contributed by atoms with Gasteiger partial charge in [0.25, 0.3) is 11.5 Å². The van der Waals surface area contributed by atoms with Gasteiger partial charge in [0.05, 0.1) is 32.1 Å². The van der Waals surface area contributed by atoms with Crippen LogP contribution >= 0.6 is 0 Å². The molecule has 2 aliphatic rings. The average molecular weight is 462 g/mol. The molecule has 9 heteroatoms. The number of nitrogens with zero attached hydrogens (tertiary/aromatic N) is 5.